The number of amides is 2. The second-order valence-corrected chi connectivity index (χ2v) is 8.67. The number of piperazine rings is 1. The quantitative estimate of drug-likeness (QED) is 0.793. The molecule has 0 aromatic heterocycles. The van der Waals surface area contributed by atoms with Crippen LogP contribution in [0.25, 0.3) is 0 Å². The summed E-state index contributed by atoms with van der Waals surface area (Å²) in [5.41, 5.74) is 0. The Bertz CT molecular complexity index is 499. The molecule has 116 valence electrons. The third-order valence-electron chi connectivity index (χ3n) is 3.88. The van der Waals surface area contributed by atoms with E-state index in [0.29, 0.717) is 6.42 Å². The van der Waals surface area contributed by atoms with Gasteiger partial charge in [0, 0.05) is 12.8 Å². The zero-order valence-corrected chi connectivity index (χ0v) is 13.6. The average Bonchev–Trinajstić information content (AvgIpc) is 2.30. The minimum absolute atomic E-state index is 0.0272. The van der Waals surface area contributed by atoms with E-state index < -0.39 is 26.7 Å². The SMILES string of the molecule is CCCC1NC(=O)C(C)N(CC(C)(C)S(C)(=O)=O)C1=O. The van der Waals surface area contributed by atoms with E-state index >= 15 is 0 Å². The molecule has 1 aliphatic heterocycles. The molecule has 1 fully saturated rings. The summed E-state index contributed by atoms with van der Waals surface area (Å²) in [7, 11) is -3.32. The standard InChI is InChI=1S/C13H24N2O4S/c1-6-7-10-12(17)15(9(2)11(16)14-10)8-13(3,4)20(5,18)19/h9-10H,6-8H2,1-5H3,(H,14,16). The van der Waals surface area contributed by atoms with Crippen molar-refractivity contribution in [2.24, 2.45) is 0 Å². The van der Waals surface area contributed by atoms with E-state index in [4.69, 9.17) is 0 Å². The number of hydrogen-bond donors (Lipinski definition) is 1. The van der Waals surface area contributed by atoms with Crippen molar-refractivity contribution in [2.75, 3.05) is 12.8 Å². The molecule has 7 heteroatoms. The molecule has 1 N–H and O–H groups in total. The number of carbonyl (C=O) groups is 2. The van der Waals surface area contributed by atoms with Crippen LogP contribution in [0.5, 0.6) is 0 Å². The topological polar surface area (TPSA) is 83.6 Å². The van der Waals surface area contributed by atoms with Crippen LogP contribution in [0.2, 0.25) is 0 Å². The van der Waals surface area contributed by atoms with Gasteiger partial charge in [0.05, 0.1) is 4.75 Å². The Balaban J connectivity index is 3.01. The fraction of sp³-hybridized carbons (Fsp3) is 0.846. The third-order valence-corrected chi connectivity index (χ3v) is 6.01. The fourth-order valence-electron chi connectivity index (χ4n) is 2.11. The van der Waals surface area contributed by atoms with Crippen LogP contribution in [-0.2, 0) is 19.4 Å². The molecule has 1 heterocycles. The highest BCUT2D eigenvalue weighted by Crippen LogP contribution is 2.21. The molecular weight excluding hydrogens is 280 g/mol. The van der Waals surface area contributed by atoms with Crippen molar-refractivity contribution < 1.29 is 18.0 Å². The van der Waals surface area contributed by atoms with Crippen LogP contribution in [0.4, 0.5) is 0 Å². The number of hydrogen-bond acceptors (Lipinski definition) is 4. The van der Waals surface area contributed by atoms with E-state index in [1.165, 1.54) is 4.90 Å². The predicted octanol–water partition coefficient (Wildman–Crippen LogP) is 0.325. The number of rotatable bonds is 5. The van der Waals surface area contributed by atoms with E-state index in [0.717, 1.165) is 12.7 Å². The average molecular weight is 304 g/mol. The van der Waals surface area contributed by atoms with Gasteiger partial charge in [0.1, 0.15) is 12.1 Å². The van der Waals surface area contributed by atoms with Crippen LogP contribution in [0, 0.1) is 0 Å². The first-order chi connectivity index (χ1) is 9.01. The van der Waals surface area contributed by atoms with Crippen LogP contribution in [0.1, 0.15) is 40.5 Å². The van der Waals surface area contributed by atoms with Gasteiger partial charge in [-0.25, -0.2) is 8.42 Å². The lowest BCUT2D eigenvalue weighted by atomic mass is 10.0. The molecule has 0 saturated carbocycles. The highest BCUT2D eigenvalue weighted by atomic mass is 32.2. The van der Waals surface area contributed by atoms with Gasteiger partial charge in [0.2, 0.25) is 11.8 Å². The summed E-state index contributed by atoms with van der Waals surface area (Å²) < 4.78 is 22.5. The molecule has 0 aliphatic carbocycles. The van der Waals surface area contributed by atoms with Gasteiger partial charge in [0.15, 0.2) is 9.84 Å². The number of carbonyl (C=O) groups excluding carboxylic acids is 2. The lowest BCUT2D eigenvalue weighted by molar-refractivity contribution is -0.149. The Labute approximate surface area is 120 Å². The van der Waals surface area contributed by atoms with E-state index in [-0.39, 0.29) is 18.4 Å². The van der Waals surface area contributed by atoms with Crippen LogP contribution in [-0.4, -0.2) is 54.8 Å². The van der Waals surface area contributed by atoms with Gasteiger partial charge >= 0.3 is 0 Å². The lowest BCUT2D eigenvalue weighted by Gasteiger charge is -2.40. The second kappa shape index (κ2) is 5.71. The lowest BCUT2D eigenvalue weighted by Crippen LogP contribution is -2.64. The van der Waals surface area contributed by atoms with Gasteiger partial charge in [-0.05, 0) is 27.2 Å². The first-order valence-electron chi connectivity index (χ1n) is 6.81. The summed E-state index contributed by atoms with van der Waals surface area (Å²) >= 11 is 0. The Morgan fingerprint density at radius 3 is 2.30 bits per heavy atom. The van der Waals surface area contributed by atoms with Crippen molar-refractivity contribution in [3.8, 4) is 0 Å². The van der Waals surface area contributed by atoms with Gasteiger partial charge in [-0.15, -0.1) is 0 Å². The maximum absolute atomic E-state index is 12.4. The second-order valence-electron chi connectivity index (χ2n) is 6.02. The summed E-state index contributed by atoms with van der Waals surface area (Å²) in [6.45, 7) is 6.73. The van der Waals surface area contributed by atoms with Crippen molar-refractivity contribution in [1.29, 1.82) is 0 Å². The Morgan fingerprint density at radius 2 is 1.85 bits per heavy atom. The third kappa shape index (κ3) is 3.31. The summed E-state index contributed by atoms with van der Waals surface area (Å²) in [6, 6.07) is -1.18. The van der Waals surface area contributed by atoms with Crippen molar-refractivity contribution in [2.45, 2.75) is 57.4 Å². The maximum Gasteiger partial charge on any atom is 0.245 e. The van der Waals surface area contributed by atoms with E-state index in [2.05, 4.69) is 5.32 Å². The largest absolute Gasteiger partial charge is 0.343 e. The minimum atomic E-state index is -3.32. The van der Waals surface area contributed by atoms with Crippen LogP contribution >= 0.6 is 0 Å². The predicted molar refractivity (Wildman–Crippen MR) is 76.9 cm³/mol. The first kappa shape index (κ1) is 16.9. The van der Waals surface area contributed by atoms with Gasteiger partial charge < -0.3 is 10.2 Å². The molecule has 0 aromatic rings. The molecule has 2 unspecified atom stereocenters. The Hall–Kier alpha value is -1.11. The Morgan fingerprint density at radius 1 is 1.30 bits per heavy atom. The molecule has 1 aliphatic rings. The van der Waals surface area contributed by atoms with Crippen LogP contribution < -0.4 is 5.32 Å². The Kier molecular flexibility index (Phi) is 4.84. The van der Waals surface area contributed by atoms with Crippen molar-refractivity contribution in [3.63, 3.8) is 0 Å². The van der Waals surface area contributed by atoms with Crippen LogP contribution in [0.3, 0.4) is 0 Å². The molecule has 6 nitrogen and oxygen atoms in total. The summed E-state index contributed by atoms with van der Waals surface area (Å²) in [5.74, 6) is -0.428. The van der Waals surface area contributed by atoms with Gasteiger partial charge in [-0.1, -0.05) is 13.3 Å². The molecule has 1 saturated heterocycles. The van der Waals surface area contributed by atoms with E-state index in [9.17, 15) is 18.0 Å². The van der Waals surface area contributed by atoms with Gasteiger partial charge in [0.25, 0.3) is 0 Å². The molecule has 2 amide bonds. The zero-order chi connectivity index (χ0) is 15.7. The molecule has 0 spiro atoms. The molecule has 1 rings (SSSR count). The van der Waals surface area contributed by atoms with Crippen molar-refractivity contribution in [1.82, 2.24) is 10.2 Å². The van der Waals surface area contributed by atoms with Gasteiger partial charge in [-0.2, -0.15) is 0 Å². The highest BCUT2D eigenvalue weighted by molar-refractivity contribution is 7.92. The van der Waals surface area contributed by atoms with Crippen LogP contribution in [0.15, 0.2) is 0 Å². The molecule has 0 bridgehead atoms. The molecule has 2 atom stereocenters. The normalized spacial score (nSPS) is 24.8. The van der Waals surface area contributed by atoms with E-state index in [1.807, 2.05) is 6.92 Å². The zero-order valence-electron chi connectivity index (χ0n) is 12.8. The number of sulfone groups is 1. The highest BCUT2D eigenvalue weighted by Gasteiger charge is 2.42. The summed E-state index contributed by atoms with van der Waals surface area (Å²) in [6.07, 6.45) is 2.48. The molecular formula is C13H24N2O4S. The minimum Gasteiger partial charge on any atom is -0.343 e. The monoisotopic (exact) mass is 304 g/mol. The molecule has 20 heavy (non-hydrogen) atoms. The smallest absolute Gasteiger partial charge is 0.245 e. The number of nitrogens with zero attached hydrogens (tertiary/aromatic N) is 1. The van der Waals surface area contributed by atoms with Gasteiger partial charge in [-0.3, -0.25) is 9.59 Å². The fourth-order valence-corrected chi connectivity index (χ4v) is 2.49. The van der Waals surface area contributed by atoms with Crippen molar-refractivity contribution in [3.05, 3.63) is 0 Å². The molecule has 0 aromatic carbocycles. The summed E-state index contributed by atoms with van der Waals surface area (Å²) in [4.78, 5) is 25.7. The van der Waals surface area contributed by atoms with E-state index in [1.54, 1.807) is 20.8 Å². The first-order valence-corrected chi connectivity index (χ1v) is 8.71. The summed E-state index contributed by atoms with van der Waals surface area (Å²) in [5, 5.41) is 2.69. The number of nitrogens with one attached hydrogen (secondary N) is 1. The van der Waals surface area contributed by atoms with Crippen molar-refractivity contribution >= 4 is 21.7 Å². The molecule has 0 radical (unpaired) electrons. The maximum atomic E-state index is 12.4.